The second-order valence-corrected chi connectivity index (χ2v) is 6.95. The summed E-state index contributed by atoms with van der Waals surface area (Å²) in [5.41, 5.74) is 0.948. The van der Waals surface area contributed by atoms with Crippen LogP contribution in [0.3, 0.4) is 0 Å². The standard InChI is InChI=1S/C18H29N5O3/c1-13-17(22-14-3-7-19-8-4-14)20-12-21-18(13)26-15-5-9-23(10-6-15)16(24)11-25-2/h12,14-15,19H,3-11H2,1-2H3,(H,20,21,22). The van der Waals surface area contributed by atoms with Crippen molar-refractivity contribution in [1.82, 2.24) is 20.2 Å². The van der Waals surface area contributed by atoms with Crippen LogP contribution in [0.15, 0.2) is 6.33 Å². The Morgan fingerprint density at radius 2 is 2.00 bits per heavy atom. The maximum Gasteiger partial charge on any atom is 0.248 e. The number of hydrogen-bond donors (Lipinski definition) is 2. The van der Waals surface area contributed by atoms with Crippen LogP contribution < -0.4 is 15.4 Å². The second kappa shape index (κ2) is 9.14. The number of ether oxygens (including phenoxy) is 2. The summed E-state index contributed by atoms with van der Waals surface area (Å²) in [5, 5.41) is 6.89. The van der Waals surface area contributed by atoms with Crippen molar-refractivity contribution in [2.75, 3.05) is 45.2 Å². The number of amides is 1. The quantitative estimate of drug-likeness (QED) is 0.778. The van der Waals surface area contributed by atoms with Crippen LogP contribution >= 0.6 is 0 Å². The van der Waals surface area contributed by atoms with Gasteiger partial charge in [-0.3, -0.25) is 4.79 Å². The SMILES string of the molecule is COCC(=O)N1CCC(Oc2ncnc(NC3CCNCC3)c2C)CC1. The maximum absolute atomic E-state index is 11.9. The molecule has 26 heavy (non-hydrogen) atoms. The number of likely N-dealkylation sites (tertiary alicyclic amines) is 1. The molecule has 3 heterocycles. The third kappa shape index (κ3) is 4.82. The van der Waals surface area contributed by atoms with Crippen LogP contribution in [-0.2, 0) is 9.53 Å². The fraction of sp³-hybridized carbons (Fsp3) is 0.722. The molecule has 2 fully saturated rings. The zero-order chi connectivity index (χ0) is 18.4. The lowest BCUT2D eigenvalue weighted by Crippen LogP contribution is -2.43. The molecule has 0 bridgehead atoms. The summed E-state index contributed by atoms with van der Waals surface area (Å²) in [4.78, 5) is 22.4. The van der Waals surface area contributed by atoms with Gasteiger partial charge in [0.25, 0.3) is 0 Å². The van der Waals surface area contributed by atoms with Crippen LogP contribution in [0.1, 0.15) is 31.2 Å². The molecule has 8 heteroatoms. The molecule has 1 aromatic rings. The van der Waals surface area contributed by atoms with Gasteiger partial charge >= 0.3 is 0 Å². The molecule has 0 radical (unpaired) electrons. The van der Waals surface area contributed by atoms with Crippen LogP contribution in [0.25, 0.3) is 0 Å². The zero-order valence-corrected chi connectivity index (χ0v) is 15.7. The lowest BCUT2D eigenvalue weighted by molar-refractivity contribution is -0.136. The van der Waals surface area contributed by atoms with Gasteiger partial charge in [0.2, 0.25) is 11.8 Å². The molecular weight excluding hydrogens is 334 g/mol. The Kier molecular flexibility index (Phi) is 6.62. The molecule has 1 aromatic heterocycles. The van der Waals surface area contributed by atoms with Crippen LogP contribution in [0, 0.1) is 6.92 Å². The van der Waals surface area contributed by atoms with Gasteiger partial charge in [-0.05, 0) is 32.9 Å². The number of carbonyl (C=O) groups is 1. The van der Waals surface area contributed by atoms with Crippen LogP contribution in [0.5, 0.6) is 5.88 Å². The number of methoxy groups -OCH3 is 1. The van der Waals surface area contributed by atoms with E-state index in [4.69, 9.17) is 9.47 Å². The monoisotopic (exact) mass is 363 g/mol. The largest absolute Gasteiger partial charge is 0.474 e. The van der Waals surface area contributed by atoms with Crippen molar-refractivity contribution in [3.63, 3.8) is 0 Å². The number of rotatable bonds is 6. The van der Waals surface area contributed by atoms with Crippen molar-refractivity contribution in [2.24, 2.45) is 0 Å². The molecule has 0 spiro atoms. The van der Waals surface area contributed by atoms with Crippen LogP contribution in [-0.4, -0.2) is 72.8 Å². The summed E-state index contributed by atoms with van der Waals surface area (Å²) in [6.45, 7) is 5.59. The molecule has 144 valence electrons. The Morgan fingerprint density at radius 1 is 1.27 bits per heavy atom. The number of anilines is 1. The lowest BCUT2D eigenvalue weighted by atomic mass is 10.1. The Balaban J connectivity index is 1.55. The van der Waals surface area contributed by atoms with Gasteiger partial charge in [-0.2, -0.15) is 0 Å². The smallest absolute Gasteiger partial charge is 0.248 e. The summed E-state index contributed by atoms with van der Waals surface area (Å²) < 4.78 is 11.1. The van der Waals surface area contributed by atoms with Crippen molar-refractivity contribution >= 4 is 11.7 Å². The van der Waals surface area contributed by atoms with E-state index in [0.29, 0.717) is 25.0 Å². The van der Waals surface area contributed by atoms with Gasteiger partial charge in [0.1, 0.15) is 24.9 Å². The number of aromatic nitrogens is 2. The summed E-state index contributed by atoms with van der Waals surface area (Å²) >= 11 is 0. The van der Waals surface area contributed by atoms with E-state index in [2.05, 4.69) is 20.6 Å². The van der Waals surface area contributed by atoms with E-state index in [1.807, 2.05) is 11.8 Å². The van der Waals surface area contributed by atoms with Gasteiger partial charge in [0.05, 0.1) is 5.56 Å². The molecular formula is C18H29N5O3. The average Bonchev–Trinajstić information content (AvgIpc) is 2.66. The molecule has 2 saturated heterocycles. The third-order valence-electron chi connectivity index (χ3n) is 5.06. The average molecular weight is 363 g/mol. The lowest BCUT2D eigenvalue weighted by Gasteiger charge is -2.32. The molecule has 1 amide bonds. The Morgan fingerprint density at radius 3 is 2.69 bits per heavy atom. The van der Waals surface area contributed by atoms with Gasteiger partial charge in [0, 0.05) is 39.1 Å². The summed E-state index contributed by atoms with van der Waals surface area (Å²) in [6.07, 6.45) is 5.41. The van der Waals surface area contributed by atoms with E-state index < -0.39 is 0 Å². The molecule has 8 nitrogen and oxygen atoms in total. The highest BCUT2D eigenvalue weighted by atomic mass is 16.5. The molecule has 2 aliphatic rings. The number of hydrogen-bond acceptors (Lipinski definition) is 7. The Bertz CT molecular complexity index is 598. The summed E-state index contributed by atoms with van der Waals surface area (Å²) in [7, 11) is 1.54. The molecule has 2 N–H and O–H groups in total. The number of nitrogens with zero attached hydrogens (tertiary/aromatic N) is 3. The number of piperidine rings is 2. The van der Waals surface area contributed by atoms with Gasteiger partial charge in [0.15, 0.2) is 0 Å². The van der Waals surface area contributed by atoms with Crippen LogP contribution in [0.2, 0.25) is 0 Å². The van der Waals surface area contributed by atoms with E-state index in [0.717, 1.165) is 50.2 Å². The highest BCUT2D eigenvalue weighted by molar-refractivity contribution is 5.77. The first-order valence-corrected chi connectivity index (χ1v) is 9.39. The van der Waals surface area contributed by atoms with Crippen molar-refractivity contribution in [3.05, 3.63) is 11.9 Å². The van der Waals surface area contributed by atoms with E-state index in [1.165, 1.54) is 0 Å². The second-order valence-electron chi connectivity index (χ2n) is 6.95. The molecule has 0 saturated carbocycles. The fourth-order valence-electron chi connectivity index (χ4n) is 3.45. The van der Waals surface area contributed by atoms with Gasteiger partial charge in [-0.25, -0.2) is 9.97 Å². The predicted octanol–water partition coefficient (Wildman–Crippen LogP) is 0.965. The van der Waals surface area contributed by atoms with Crippen molar-refractivity contribution in [3.8, 4) is 5.88 Å². The van der Waals surface area contributed by atoms with Crippen molar-refractivity contribution in [2.45, 2.75) is 44.8 Å². The Labute approximate surface area is 154 Å². The highest BCUT2D eigenvalue weighted by Crippen LogP contribution is 2.25. The first-order valence-electron chi connectivity index (χ1n) is 9.39. The minimum atomic E-state index is 0.0395. The van der Waals surface area contributed by atoms with Gasteiger partial charge in [-0.15, -0.1) is 0 Å². The van der Waals surface area contributed by atoms with Crippen molar-refractivity contribution in [1.29, 1.82) is 0 Å². The minimum absolute atomic E-state index is 0.0395. The fourth-order valence-corrected chi connectivity index (χ4v) is 3.45. The molecule has 3 rings (SSSR count). The van der Waals surface area contributed by atoms with E-state index in [-0.39, 0.29) is 18.6 Å². The van der Waals surface area contributed by atoms with E-state index in [9.17, 15) is 4.79 Å². The van der Waals surface area contributed by atoms with Crippen molar-refractivity contribution < 1.29 is 14.3 Å². The molecule has 0 atom stereocenters. The first-order chi connectivity index (χ1) is 12.7. The molecule has 0 aliphatic carbocycles. The highest BCUT2D eigenvalue weighted by Gasteiger charge is 2.25. The minimum Gasteiger partial charge on any atom is -0.474 e. The molecule has 0 aromatic carbocycles. The first kappa shape index (κ1) is 18.8. The summed E-state index contributed by atoms with van der Waals surface area (Å²) in [5.74, 6) is 1.53. The number of nitrogens with one attached hydrogen (secondary N) is 2. The maximum atomic E-state index is 11.9. The van der Waals surface area contributed by atoms with E-state index >= 15 is 0 Å². The summed E-state index contributed by atoms with van der Waals surface area (Å²) in [6, 6.07) is 0.438. The third-order valence-corrected chi connectivity index (χ3v) is 5.06. The molecule has 2 aliphatic heterocycles. The Hall–Kier alpha value is -1.93. The van der Waals surface area contributed by atoms with E-state index in [1.54, 1.807) is 13.4 Å². The topological polar surface area (TPSA) is 88.6 Å². The van der Waals surface area contributed by atoms with Gasteiger partial charge < -0.3 is 25.0 Å². The zero-order valence-electron chi connectivity index (χ0n) is 15.7. The molecule has 0 unspecified atom stereocenters. The van der Waals surface area contributed by atoms with Gasteiger partial charge in [-0.1, -0.05) is 0 Å². The van der Waals surface area contributed by atoms with Crippen LogP contribution in [0.4, 0.5) is 5.82 Å². The predicted molar refractivity (Wildman–Crippen MR) is 98.4 cm³/mol. The normalized spacial score (nSPS) is 19.4. The number of carbonyl (C=O) groups excluding carboxylic acids is 1.